The quantitative estimate of drug-likeness (QED) is 0.192. The normalized spacial score (nSPS) is 19.6. The van der Waals surface area contributed by atoms with Crippen molar-refractivity contribution in [3.63, 3.8) is 0 Å². The van der Waals surface area contributed by atoms with Crippen LogP contribution in [0.4, 0.5) is 11.6 Å². The van der Waals surface area contributed by atoms with Gasteiger partial charge in [-0.1, -0.05) is 18.6 Å². The molecule has 6 heterocycles. The van der Waals surface area contributed by atoms with Crippen molar-refractivity contribution < 1.29 is 19.1 Å². The van der Waals surface area contributed by atoms with Crippen molar-refractivity contribution in [2.24, 2.45) is 0 Å². The van der Waals surface area contributed by atoms with Gasteiger partial charge >= 0.3 is 0 Å². The average molecular weight is 677 g/mol. The lowest BCUT2D eigenvalue weighted by atomic mass is 9.78. The fourth-order valence-electron chi connectivity index (χ4n) is 7.06. The lowest BCUT2D eigenvalue weighted by Gasteiger charge is -2.39. The second-order valence-corrected chi connectivity index (χ2v) is 13.7. The van der Waals surface area contributed by atoms with Gasteiger partial charge in [-0.05, 0) is 67.8 Å². The van der Waals surface area contributed by atoms with Gasteiger partial charge in [0.25, 0.3) is 0 Å². The minimum absolute atomic E-state index is 0.0607. The molecule has 12 nitrogen and oxygen atoms in total. The SMILES string of the molecule is COC1CN(c2cccc(CC(=O)Cc3ccc([C@H]4CCC[C@H](c5ccc(CC(=O)Cc6cccc(N7CC(OC)C7)n6)nn5)C4)nn3)n2)C1. The fraction of sp³-hybridized carbons (Fsp3) is 0.474. The molecule has 0 unspecified atom stereocenters. The third-order valence-electron chi connectivity index (χ3n) is 10.1. The van der Waals surface area contributed by atoms with Crippen molar-refractivity contribution in [2.75, 3.05) is 50.2 Å². The van der Waals surface area contributed by atoms with Gasteiger partial charge in [-0.3, -0.25) is 9.59 Å². The van der Waals surface area contributed by atoms with Crippen LogP contribution in [-0.2, 0) is 44.7 Å². The molecular weight excluding hydrogens is 632 g/mol. The lowest BCUT2D eigenvalue weighted by Crippen LogP contribution is -2.52. The number of hydrogen-bond donors (Lipinski definition) is 0. The maximum Gasteiger partial charge on any atom is 0.144 e. The van der Waals surface area contributed by atoms with E-state index in [4.69, 9.17) is 9.47 Å². The van der Waals surface area contributed by atoms with Gasteiger partial charge in [0.1, 0.15) is 23.2 Å². The first-order chi connectivity index (χ1) is 24.4. The second kappa shape index (κ2) is 15.5. The molecule has 260 valence electrons. The maximum atomic E-state index is 12.9. The van der Waals surface area contributed by atoms with Crippen LogP contribution in [0.15, 0.2) is 60.7 Å². The van der Waals surface area contributed by atoms with Crippen LogP contribution in [0.5, 0.6) is 0 Å². The molecule has 3 aliphatic rings. The predicted octanol–water partition coefficient (Wildman–Crippen LogP) is 3.88. The Morgan fingerprint density at radius 1 is 0.600 bits per heavy atom. The molecule has 12 heteroatoms. The largest absolute Gasteiger partial charge is 0.378 e. The first-order valence-electron chi connectivity index (χ1n) is 17.6. The summed E-state index contributed by atoms with van der Waals surface area (Å²) in [7, 11) is 3.45. The van der Waals surface area contributed by atoms with E-state index < -0.39 is 0 Å². The van der Waals surface area contributed by atoms with E-state index in [9.17, 15) is 9.59 Å². The Morgan fingerprint density at radius 3 is 1.44 bits per heavy atom. The first-order valence-corrected chi connectivity index (χ1v) is 17.6. The molecule has 0 amide bonds. The van der Waals surface area contributed by atoms with Crippen LogP contribution in [0.1, 0.15) is 71.7 Å². The smallest absolute Gasteiger partial charge is 0.144 e. The van der Waals surface area contributed by atoms with Gasteiger partial charge < -0.3 is 19.3 Å². The standard InChI is InChI=1S/C38H44N8O4/c1-49-33-21-45(22-33)37-10-4-8-27(39-37)17-31(47)19-29-12-14-35(43-41-29)25-6-3-7-26(16-25)36-15-13-30(42-44-36)20-32(48)18-28-9-5-11-38(40-28)46-23-34(24-46)50-2/h4-5,8-15,25-26,33-34H,3,6-7,16-24H2,1-2H3/t25-,26-/m0/s1. The van der Waals surface area contributed by atoms with Crippen LogP contribution >= 0.6 is 0 Å². The molecule has 0 bridgehead atoms. The molecule has 50 heavy (non-hydrogen) atoms. The summed E-state index contributed by atoms with van der Waals surface area (Å²) in [6, 6.07) is 19.5. The highest BCUT2D eigenvalue weighted by atomic mass is 16.5. The van der Waals surface area contributed by atoms with Crippen molar-refractivity contribution in [1.29, 1.82) is 0 Å². The number of ketones is 2. The minimum atomic E-state index is 0.0607. The number of nitrogens with zero attached hydrogens (tertiary/aromatic N) is 8. The number of aromatic nitrogens is 6. The third kappa shape index (κ3) is 8.19. The molecule has 0 N–H and O–H groups in total. The van der Waals surface area contributed by atoms with Crippen LogP contribution in [0, 0.1) is 0 Å². The number of ether oxygens (including phenoxy) is 2. The molecular formula is C38H44N8O4. The summed E-state index contributed by atoms with van der Waals surface area (Å²) in [5.41, 5.74) is 4.76. The Morgan fingerprint density at radius 2 is 1.04 bits per heavy atom. The van der Waals surface area contributed by atoms with Gasteiger partial charge in [0.2, 0.25) is 0 Å². The van der Waals surface area contributed by atoms with Gasteiger partial charge in [0.15, 0.2) is 0 Å². The highest BCUT2D eigenvalue weighted by molar-refractivity contribution is 5.83. The number of carbonyl (C=O) groups is 2. The third-order valence-corrected chi connectivity index (χ3v) is 10.1. The second-order valence-electron chi connectivity index (χ2n) is 13.7. The Labute approximate surface area is 292 Å². The van der Waals surface area contributed by atoms with Gasteiger partial charge in [-0.25, -0.2) is 9.97 Å². The van der Waals surface area contributed by atoms with Crippen LogP contribution in [0.2, 0.25) is 0 Å². The summed E-state index contributed by atoms with van der Waals surface area (Å²) in [6.45, 7) is 3.27. The number of hydrogen-bond acceptors (Lipinski definition) is 12. The molecule has 4 aromatic heterocycles. The summed E-state index contributed by atoms with van der Waals surface area (Å²) in [5, 5.41) is 18.0. The number of carbonyl (C=O) groups excluding carboxylic acids is 2. The lowest BCUT2D eigenvalue weighted by molar-refractivity contribution is -0.118. The van der Waals surface area contributed by atoms with Crippen molar-refractivity contribution >= 4 is 23.2 Å². The molecule has 2 aliphatic heterocycles. The fourth-order valence-corrected chi connectivity index (χ4v) is 7.06. The molecule has 1 aliphatic carbocycles. The summed E-state index contributed by atoms with van der Waals surface area (Å²) in [4.78, 5) is 39.4. The van der Waals surface area contributed by atoms with Crippen molar-refractivity contribution in [3.8, 4) is 0 Å². The van der Waals surface area contributed by atoms with E-state index in [1.54, 1.807) is 14.2 Å². The van der Waals surface area contributed by atoms with Crippen molar-refractivity contribution in [2.45, 2.75) is 75.4 Å². The monoisotopic (exact) mass is 676 g/mol. The molecule has 2 saturated heterocycles. The number of methoxy groups -OCH3 is 2. The summed E-state index contributed by atoms with van der Waals surface area (Å²) in [6.07, 6.45) is 5.50. The first kappa shape index (κ1) is 33.8. The topological polar surface area (TPSA) is 136 Å². The minimum Gasteiger partial charge on any atom is -0.378 e. The van der Waals surface area contributed by atoms with E-state index in [0.29, 0.717) is 11.4 Å². The van der Waals surface area contributed by atoms with E-state index in [0.717, 1.165) is 86.3 Å². The molecule has 7 rings (SSSR count). The van der Waals surface area contributed by atoms with Gasteiger partial charge in [-0.2, -0.15) is 20.4 Å². The van der Waals surface area contributed by atoms with E-state index in [2.05, 4.69) is 40.2 Å². The Balaban J connectivity index is 0.881. The Hall–Kier alpha value is -4.68. The van der Waals surface area contributed by atoms with Crippen molar-refractivity contribution in [3.05, 3.63) is 94.8 Å². The number of anilines is 2. The molecule has 3 fully saturated rings. The highest BCUT2D eigenvalue weighted by Crippen LogP contribution is 2.40. The van der Waals surface area contributed by atoms with E-state index >= 15 is 0 Å². The van der Waals surface area contributed by atoms with E-state index in [-0.39, 0.29) is 61.3 Å². The van der Waals surface area contributed by atoms with E-state index in [1.807, 2.05) is 60.7 Å². The maximum absolute atomic E-state index is 12.9. The molecule has 2 atom stereocenters. The predicted molar refractivity (Wildman–Crippen MR) is 187 cm³/mol. The molecule has 0 spiro atoms. The van der Waals surface area contributed by atoms with Crippen molar-refractivity contribution in [1.82, 2.24) is 30.4 Å². The summed E-state index contributed by atoms with van der Waals surface area (Å²) in [5.74, 6) is 2.41. The summed E-state index contributed by atoms with van der Waals surface area (Å²) >= 11 is 0. The summed E-state index contributed by atoms with van der Waals surface area (Å²) < 4.78 is 10.7. The van der Waals surface area contributed by atoms with Crippen LogP contribution in [0.3, 0.4) is 0 Å². The number of pyridine rings is 2. The molecule has 4 aromatic rings. The zero-order valence-electron chi connectivity index (χ0n) is 28.8. The van der Waals surface area contributed by atoms with Crippen LogP contribution in [0.25, 0.3) is 0 Å². The zero-order chi connectivity index (χ0) is 34.5. The average Bonchev–Trinajstić information content (AvgIpc) is 3.08. The molecule has 1 saturated carbocycles. The highest BCUT2D eigenvalue weighted by Gasteiger charge is 2.29. The molecule has 0 aromatic carbocycles. The Bertz CT molecular complexity index is 1650. The van der Waals surface area contributed by atoms with E-state index in [1.165, 1.54) is 0 Å². The molecule has 0 radical (unpaired) electrons. The zero-order valence-corrected chi connectivity index (χ0v) is 28.8. The Kier molecular flexibility index (Phi) is 10.5. The van der Waals surface area contributed by atoms with Gasteiger partial charge in [-0.15, -0.1) is 0 Å². The number of rotatable bonds is 14. The number of Topliss-reactive ketones (excluding diaryl/α,β-unsaturated/α-hetero) is 2. The van der Waals surface area contributed by atoms with Crippen LogP contribution in [-0.4, -0.2) is 94.5 Å². The van der Waals surface area contributed by atoms with Gasteiger partial charge in [0.05, 0.1) is 59.2 Å². The van der Waals surface area contributed by atoms with Gasteiger partial charge in [0, 0.05) is 65.1 Å². The van der Waals surface area contributed by atoms with Crippen LogP contribution < -0.4 is 9.80 Å².